The van der Waals surface area contributed by atoms with Crippen LogP contribution in [0.15, 0.2) is 18.3 Å². The summed E-state index contributed by atoms with van der Waals surface area (Å²) in [6.07, 6.45) is 10.7. The lowest BCUT2D eigenvalue weighted by Gasteiger charge is -2.34. The number of likely N-dealkylation sites (tertiary alicyclic amines) is 1. The monoisotopic (exact) mass is 578 g/mol. The summed E-state index contributed by atoms with van der Waals surface area (Å²) in [6.45, 7) is 5.50. The summed E-state index contributed by atoms with van der Waals surface area (Å²) in [5.41, 5.74) is 1.86. The highest BCUT2D eigenvalue weighted by atomic mass is 35.5. The molecule has 2 saturated carbocycles. The number of ether oxygens (including phenoxy) is 1. The van der Waals surface area contributed by atoms with Gasteiger partial charge in [0.25, 0.3) is 0 Å². The summed E-state index contributed by atoms with van der Waals surface area (Å²) < 4.78 is 22.9. The van der Waals surface area contributed by atoms with Gasteiger partial charge in [-0.05, 0) is 88.1 Å². The summed E-state index contributed by atoms with van der Waals surface area (Å²) in [4.78, 5) is 19.0. The van der Waals surface area contributed by atoms with Gasteiger partial charge in [0.05, 0.1) is 12.0 Å². The minimum absolute atomic E-state index is 0.00729. The first kappa shape index (κ1) is 25.9. The Balaban J connectivity index is 1.19. The molecule has 5 fully saturated rings. The maximum atomic E-state index is 16.6. The molecule has 1 aromatic carbocycles. The zero-order chi connectivity index (χ0) is 27.7. The number of nitrogens with zero attached hydrogens (tertiary/aromatic N) is 5. The first-order valence-corrected chi connectivity index (χ1v) is 15.6. The first-order chi connectivity index (χ1) is 19.9. The number of fused-ring (bicyclic) bond motifs is 3. The normalized spacial score (nSPS) is 25.3. The van der Waals surface area contributed by atoms with Crippen LogP contribution in [0.2, 0.25) is 5.02 Å². The molecule has 0 radical (unpaired) electrons. The molecule has 41 heavy (non-hydrogen) atoms. The maximum absolute atomic E-state index is 16.6. The van der Waals surface area contributed by atoms with Crippen LogP contribution >= 0.6 is 11.6 Å². The average molecular weight is 579 g/mol. The van der Waals surface area contributed by atoms with E-state index in [1.165, 1.54) is 18.9 Å². The van der Waals surface area contributed by atoms with Gasteiger partial charge in [-0.3, -0.25) is 4.98 Å². The molecular formula is C31H36ClFN6O2. The zero-order valence-corrected chi connectivity index (χ0v) is 24.0. The Labute approximate surface area is 244 Å². The van der Waals surface area contributed by atoms with E-state index in [0.29, 0.717) is 40.5 Å². The highest BCUT2D eigenvalue weighted by Crippen LogP contribution is 2.50. The molecule has 2 atom stereocenters. The van der Waals surface area contributed by atoms with Crippen molar-refractivity contribution in [1.82, 2.24) is 25.2 Å². The second-order valence-electron chi connectivity index (χ2n) is 13.0. The molecule has 8 nitrogen and oxygen atoms in total. The summed E-state index contributed by atoms with van der Waals surface area (Å²) in [7, 11) is 0. The van der Waals surface area contributed by atoms with Gasteiger partial charge in [0.1, 0.15) is 22.8 Å². The lowest BCUT2D eigenvalue weighted by molar-refractivity contribution is 0.170. The quantitative estimate of drug-likeness (QED) is 0.374. The minimum Gasteiger partial charge on any atom is -0.508 e. The number of hydrogen-bond donors (Lipinski definition) is 2. The van der Waals surface area contributed by atoms with Gasteiger partial charge in [0.15, 0.2) is 5.82 Å². The van der Waals surface area contributed by atoms with Gasteiger partial charge >= 0.3 is 6.01 Å². The van der Waals surface area contributed by atoms with Crippen LogP contribution in [0, 0.1) is 11.2 Å². The van der Waals surface area contributed by atoms with Gasteiger partial charge in [-0.25, -0.2) is 4.39 Å². The molecule has 0 amide bonds. The summed E-state index contributed by atoms with van der Waals surface area (Å²) in [5, 5.41) is 15.1. The number of rotatable bonds is 8. The summed E-state index contributed by atoms with van der Waals surface area (Å²) in [6, 6.07) is 4.10. The van der Waals surface area contributed by atoms with Gasteiger partial charge in [-0.2, -0.15) is 9.97 Å². The highest BCUT2D eigenvalue weighted by Gasteiger charge is 2.45. The number of benzene rings is 1. The fraction of sp³-hybridized carbons (Fsp3) is 0.581. The average Bonchev–Trinajstić information content (AvgIpc) is 3.86. The van der Waals surface area contributed by atoms with Gasteiger partial charge in [0, 0.05) is 53.9 Å². The van der Waals surface area contributed by atoms with E-state index in [1.807, 2.05) is 0 Å². The van der Waals surface area contributed by atoms with Crippen LogP contribution in [0.3, 0.4) is 0 Å². The topological polar surface area (TPSA) is 86.6 Å². The third kappa shape index (κ3) is 4.89. The molecule has 3 aliphatic heterocycles. The molecule has 2 aliphatic carbocycles. The van der Waals surface area contributed by atoms with E-state index in [2.05, 4.69) is 25.1 Å². The smallest absolute Gasteiger partial charge is 0.319 e. The predicted molar refractivity (Wildman–Crippen MR) is 156 cm³/mol. The van der Waals surface area contributed by atoms with Crippen molar-refractivity contribution in [3.05, 3.63) is 34.7 Å². The molecule has 3 aromatic rings. The van der Waals surface area contributed by atoms with Crippen molar-refractivity contribution in [2.75, 3.05) is 44.2 Å². The molecular weight excluding hydrogens is 543 g/mol. The Kier molecular flexibility index (Phi) is 6.27. The molecule has 0 unspecified atom stereocenters. The van der Waals surface area contributed by atoms with Crippen LogP contribution in [0.5, 0.6) is 11.8 Å². The number of piperazine rings is 1. The van der Waals surface area contributed by atoms with Crippen LogP contribution in [0.1, 0.15) is 62.8 Å². The van der Waals surface area contributed by atoms with Crippen LogP contribution in [-0.4, -0.2) is 76.4 Å². The first-order valence-electron chi connectivity index (χ1n) is 15.2. The van der Waals surface area contributed by atoms with E-state index in [-0.39, 0.29) is 34.3 Å². The number of hydrogen-bond acceptors (Lipinski definition) is 8. The van der Waals surface area contributed by atoms with E-state index in [1.54, 1.807) is 12.3 Å². The second kappa shape index (κ2) is 9.92. The fourth-order valence-electron chi connectivity index (χ4n) is 7.23. The molecule has 2 aromatic heterocycles. The van der Waals surface area contributed by atoms with Crippen LogP contribution in [0.25, 0.3) is 22.2 Å². The molecule has 5 heterocycles. The highest BCUT2D eigenvalue weighted by molar-refractivity contribution is 6.32. The van der Waals surface area contributed by atoms with Gasteiger partial charge in [-0.1, -0.05) is 11.6 Å². The van der Waals surface area contributed by atoms with Gasteiger partial charge in [-0.15, -0.1) is 0 Å². The van der Waals surface area contributed by atoms with E-state index >= 15 is 4.39 Å². The Hall–Kier alpha value is -2.75. The summed E-state index contributed by atoms with van der Waals surface area (Å²) >= 11 is 6.55. The number of phenolic OH excluding ortho intramolecular Hbond substituents is 1. The van der Waals surface area contributed by atoms with E-state index in [0.717, 1.165) is 76.8 Å². The largest absolute Gasteiger partial charge is 0.508 e. The summed E-state index contributed by atoms with van der Waals surface area (Å²) in [5.74, 6) is 0.390. The zero-order valence-electron chi connectivity index (χ0n) is 23.2. The number of anilines is 1. The molecule has 2 N–H and O–H groups in total. The Morgan fingerprint density at radius 2 is 1.83 bits per heavy atom. The number of aromatic hydroxyl groups is 1. The van der Waals surface area contributed by atoms with Gasteiger partial charge < -0.3 is 25.0 Å². The number of halogens is 2. The third-order valence-corrected chi connectivity index (χ3v) is 10.0. The van der Waals surface area contributed by atoms with Crippen molar-refractivity contribution >= 4 is 28.3 Å². The van der Waals surface area contributed by atoms with Crippen molar-refractivity contribution in [2.24, 2.45) is 5.41 Å². The molecule has 3 saturated heterocycles. The van der Waals surface area contributed by atoms with E-state index in [4.69, 9.17) is 21.3 Å². The Bertz CT molecular complexity index is 1490. The number of phenols is 1. The van der Waals surface area contributed by atoms with E-state index < -0.39 is 5.82 Å². The van der Waals surface area contributed by atoms with Crippen LogP contribution in [-0.2, 0) is 0 Å². The third-order valence-electron chi connectivity index (χ3n) is 9.74. The fourth-order valence-corrected chi connectivity index (χ4v) is 7.60. The number of aromatic nitrogens is 3. The molecule has 8 rings (SSSR count). The van der Waals surface area contributed by atoms with Crippen molar-refractivity contribution in [2.45, 2.75) is 69.4 Å². The van der Waals surface area contributed by atoms with Crippen LogP contribution < -0.4 is 15.0 Å². The standard InChI is InChI=1S/C31H36ClFN6O2/c32-24-12-21(40)11-22(25(24)18-3-4-18)27-26(33)28-23(13-34-27)29(39-14-19-5-6-20(15-39)35-19)37-30(36-28)41-17-31(7-8-31)16-38-9-1-2-10-38/h11-13,18-20,35,40H,1-10,14-17H2/t19-,20+. The maximum Gasteiger partial charge on any atom is 0.319 e. The van der Waals surface area contributed by atoms with Crippen molar-refractivity contribution < 1.29 is 14.2 Å². The SMILES string of the molecule is Oc1cc(Cl)c(C2CC2)c(-c2ncc3c(N4C[C@H]5CC[C@@H](C4)N5)nc(OCC4(CN5CCCC5)CC4)nc3c2F)c1. The van der Waals surface area contributed by atoms with Crippen molar-refractivity contribution in [1.29, 1.82) is 0 Å². The van der Waals surface area contributed by atoms with Crippen molar-refractivity contribution in [3.8, 4) is 23.0 Å². The van der Waals surface area contributed by atoms with E-state index in [9.17, 15) is 5.11 Å². The lowest BCUT2D eigenvalue weighted by Crippen LogP contribution is -2.51. The molecule has 10 heteroatoms. The molecule has 216 valence electrons. The predicted octanol–water partition coefficient (Wildman–Crippen LogP) is 5.26. The number of pyridine rings is 1. The minimum atomic E-state index is -0.532. The van der Waals surface area contributed by atoms with Crippen molar-refractivity contribution in [3.63, 3.8) is 0 Å². The van der Waals surface area contributed by atoms with Gasteiger partial charge in [0.2, 0.25) is 0 Å². The molecule has 2 bridgehead atoms. The Morgan fingerprint density at radius 1 is 1.07 bits per heavy atom. The number of nitrogens with one attached hydrogen (secondary N) is 1. The molecule has 5 aliphatic rings. The second-order valence-corrected chi connectivity index (χ2v) is 13.4. The van der Waals surface area contributed by atoms with Crippen LogP contribution in [0.4, 0.5) is 10.2 Å². The molecule has 0 spiro atoms. The Morgan fingerprint density at radius 3 is 2.54 bits per heavy atom. The lowest BCUT2D eigenvalue weighted by atomic mass is 9.98.